The molecule has 5 nitrogen and oxygen atoms in total. The lowest BCUT2D eigenvalue weighted by Gasteiger charge is -2.30. The van der Waals surface area contributed by atoms with E-state index in [2.05, 4.69) is 36.6 Å². The van der Waals surface area contributed by atoms with Crippen LogP contribution in [0.25, 0.3) is 0 Å². The number of hydrogen-bond donors (Lipinski definition) is 3. The molecule has 1 aliphatic heterocycles. The van der Waals surface area contributed by atoms with Crippen molar-refractivity contribution in [2.45, 2.75) is 58.2 Å². The average Bonchev–Trinajstić information content (AvgIpc) is 2.70. The number of aliphatic hydroxyl groups excluding tert-OH is 1. The molecule has 0 bridgehead atoms. The van der Waals surface area contributed by atoms with Crippen LogP contribution in [0.2, 0.25) is 0 Å². The minimum Gasteiger partial charge on any atom is -0.493 e. The van der Waals surface area contributed by atoms with Crippen molar-refractivity contribution in [2.75, 3.05) is 13.2 Å². The molecule has 0 aliphatic carbocycles. The normalized spacial score (nSPS) is 17.4. The Morgan fingerprint density at radius 2 is 1.84 bits per heavy atom. The summed E-state index contributed by atoms with van der Waals surface area (Å²) in [5.41, 5.74) is 2.67. The van der Waals surface area contributed by atoms with Gasteiger partial charge in [0.05, 0.1) is 18.8 Å². The lowest BCUT2D eigenvalue weighted by Crippen LogP contribution is -2.48. The van der Waals surface area contributed by atoms with Gasteiger partial charge in [0, 0.05) is 37.6 Å². The topological polar surface area (TPSA) is 70.6 Å². The molecular weight excluding hydrogens is 414 g/mol. The standard InChI is InChI=1S/C25H32F2N2O3/c1-15(2)8-17-4-5-25-21(11-17)22(6-7-32-25)28-14-24(31)23(29-16(3)30)12-18-9-19(26)13-20(27)10-18/h4-5,9-11,13,15,22-24,28,31H,6-8,12,14H2,1-3H3,(H,29,30)/t22?,23-,24+/m0/s1. The molecule has 3 rings (SSSR count). The number of hydrogen-bond acceptors (Lipinski definition) is 4. The van der Waals surface area contributed by atoms with Gasteiger partial charge in [-0.05, 0) is 48.1 Å². The summed E-state index contributed by atoms with van der Waals surface area (Å²) in [7, 11) is 0. The van der Waals surface area contributed by atoms with Gasteiger partial charge in [-0.3, -0.25) is 4.79 Å². The number of halogens is 2. The molecule has 0 spiro atoms. The molecular formula is C25H32F2N2O3. The Kier molecular flexibility index (Phi) is 8.21. The van der Waals surface area contributed by atoms with Crippen LogP contribution in [-0.2, 0) is 17.6 Å². The van der Waals surface area contributed by atoms with Crippen molar-refractivity contribution >= 4 is 5.91 Å². The van der Waals surface area contributed by atoms with E-state index in [9.17, 15) is 18.7 Å². The summed E-state index contributed by atoms with van der Waals surface area (Å²) in [5, 5.41) is 16.9. The van der Waals surface area contributed by atoms with E-state index in [4.69, 9.17) is 4.74 Å². The van der Waals surface area contributed by atoms with Crippen LogP contribution in [0.5, 0.6) is 5.75 Å². The van der Waals surface area contributed by atoms with Crippen molar-refractivity contribution in [3.63, 3.8) is 0 Å². The van der Waals surface area contributed by atoms with Gasteiger partial charge in [0.25, 0.3) is 0 Å². The van der Waals surface area contributed by atoms with Crippen LogP contribution in [0.3, 0.4) is 0 Å². The molecule has 2 aromatic carbocycles. The molecule has 1 aliphatic rings. The highest BCUT2D eigenvalue weighted by molar-refractivity contribution is 5.73. The van der Waals surface area contributed by atoms with Crippen LogP contribution in [0, 0.1) is 17.6 Å². The first-order valence-electron chi connectivity index (χ1n) is 11.1. The van der Waals surface area contributed by atoms with Crippen molar-refractivity contribution in [1.82, 2.24) is 10.6 Å². The van der Waals surface area contributed by atoms with Gasteiger partial charge in [-0.1, -0.05) is 26.0 Å². The molecule has 1 heterocycles. The minimum atomic E-state index is -0.949. The zero-order valence-corrected chi connectivity index (χ0v) is 18.8. The summed E-state index contributed by atoms with van der Waals surface area (Å²) in [5.74, 6) is -0.322. The van der Waals surface area contributed by atoms with Crippen molar-refractivity contribution < 1.29 is 23.4 Å². The van der Waals surface area contributed by atoms with Gasteiger partial charge >= 0.3 is 0 Å². The van der Waals surface area contributed by atoms with Gasteiger partial charge in [-0.15, -0.1) is 0 Å². The quantitative estimate of drug-likeness (QED) is 0.550. The molecule has 32 heavy (non-hydrogen) atoms. The molecule has 3 N–H and O–H groups in total. The third kappa shape index (κ3) is 6.74. The molecule has 0 aromatic heterocycles. The summed E-state index contributed by atoms with van der Waals surface area (Å²) < 4.78 is 32.9. The van der Waals surface area contributed by atoms with Gasteiger partial charge in [0.15, 0.2) is 0 Å². The Labute approximate surface area is 188 Å². The summed E-state index contributed by atoms with van der Waals surface area (Å²) >= 11 is 0. The maximum Gasteiger partial charge on any atom is 0.217 e. The van der Waals surface area contributed by atoms with E-state index in [0.717, 1.165) is 30.2 Å². The van der Waals surface area contributed by atoms with E-state index < -0.39 is 23.8 Å². The molecule has 3 atom stereocenters. The third-order valence-corrected chi connectivity index (χ3v) is 5.56. The molecule has 174 valence electrons. The molecule has 0 saturated carbocycles. The number of carbonyl (C=O) groups is 1. The average molecular weight is 447 g/mol. The molecule has 1 amide bonds. The summed E-state index contributed by atoms with van der Waals surface area (Å²) in [6.07, 6.45) is 0.887. The second-order valence-electron chi connectivity index (χ2n) is 8.92. The Morgan fingerprint density at radius 3 is 2.50 bits per heavy atom. The van der Waals surface area contributed by atoms with Crippen molar-refractivity contribution in [3.05, 3.63) is 64.7 Å². The smallest absolute Gasteiger partial charge is 0.217 e. The number of ether oxygens (including phenoxy) is 1. The second-order valence-corrected chi connectivity index (χ2v) is 8.92. The lowest BCUT2D eigenvalue weighted by atomic mass is 9.94. The number of aliphatic hydroxyl groups is 1. The summed E-state index contributed by atoms with van der Waals surface area (Å²) in [4.78, 5) is 11.7. The van der Waals surface area contributed by atoms with Crippen molar-refractivity contribution in [2.24, 2.45) is 5.92 Å². The number of fused-ring (bicyclic) bond motifs is 1. The van der Waals surface area contributed by atoms with Crippen LogP contribution in [0.1, 0.15) is 49.9 Å². The number of rotatable bonds is 9. The van der Waals surface area contributed by atoms with E-state index in [1.54, 1.807) is 0 Å². The largest absolute Gasteiger partial charge is 0.493 e. The Morgan fingerprint density at radius 1 is 1.12 bits per heavy atom. The zero-order chi connectivity index (χ0) is 23.3. The van der Waals surface area contributed by atoms with E-state index in [-0.39, 0.29) is 24.9 Å². The molecule has 2 aromatic rings. The molecule has 0 fully saturated rings. The zero-order valence-electron chi connectivity index (χ0n) is 18.8. The van der Waals surface area contributed by atoms with E-state index in [1.165, 1.54) is 24.6 Å². The SMILES string of the molecule is CC(=O)N[C@@H](Cc1cc(F)cc(F)c1)[C@H](O)CNC1CCOc2ccc(CC(C)C)cc21. The van der Waals surface area contributed by atoms with Gasteiger partial charge in [-0.25, -0.2) is 8.78 Å². The molecule has 0 saturated heterocycles. The minimum absolute atomic E-state index is 0.00473. The number of amides is 1. The predicted molar refractivity (Wildman–Crippen MR) is 120 cm³/mol. The maximum atomic E-state index is 13.6. The Bertz CT molecular complexity index is 915. The highest BCUT2D eigenvalue weighted by Gasteiger charge is 2.26. The van der Waals surface area contributed by atoms with Crippen LogP contribution < -0.4 is 15.4 Å². The summed E-state index contributed by atoms with van der Waals surface area (Å²) in [6, 6.07) is 8.77. The van der Waals surface area contributed by atoms with Crippen LogP contribution >= 0.6 is 0 Å². The molecule has 7 heteroatoms. The van der Waals surface area contributed by atoms with Crippen LogP contribution in [0.15, 0.2) is 36.4 Å². The first-order chi connectivity index (χ1) is 15.2. The third-order valence-electron chi connectivity index (χ3n) is 5.56. The van der Waals surface area contributed by atoms with Crippen molar-refractivity contribution in [3.8, 4) is 5.75 Å². The van der Waals surface area contributed by atoms with Crippen LogP contribution in [0.4, 0.5) is 8.78 Å². The fourth-order valence-electron chi connectivity index (χ4n) is 4.19. The fourth-order valence-corrected chi connectivity index (χ4v) is 4.19. The monoisotopic (exact) mass is 446 g/mol. The van der Waals surface area contributed by atoms with Crippen LogP contribution in [-0.4, -0.2) is 36.3 Å². The number of benzene rings is 2. The first-order valence-corrected chi connectivity index (χ1v) is 11.1. The van der Waals surface area contributed by atoms with Gasteiger partial charge < -0.3 is 20.5 Å². The fraction of sp³-hybridized carbons (Fsp3) is 0.480. The summed E-state index contributed by atoms with van der Waals surface area (Å²) in [6.45, 7) is 6.48. The van der Waals surface area contributed by atoms with E-state index >= 15 is 0 Å². The molecule has 1 unspecified atom stereocenters. The number of nitrogens with one attached hydrogen (secondary N) is 2. The molecule has 0 radical (unpaired) electrons. The van der Waals surface area contributed by atoms with E-state index in [1.807, 2.05) is 6.07 Å². The predicted octanol–water partition coefficient (Wildman–Crippen LogP) is 3.68. The Balaban J connectivity index is 1.69. The van der Waals surface area contributed by atoms with Gasteiger partial charge in [-0.2, -0.15) is 0 Å². The highest BCUT2D eigenvalue weighted by atomic mass is 19.1. The lowest BCUT2D eigenvalue weighted by molar-refractivity contribution is -0.120. The Hall–Kier alpha value is -2.51. The number of carbonyl (C=O) groups excluding carboxylic acids is 1. The highest BCUT2D eigenvalue weighted by Crippen LogP contribution is 2.33. The van der Waals surface area contributed by atoms with Gasteiger partial charge in [0.1, 0.15) is 17.4 Å². The second kappa shape index (κ2) is 10.9. The first kappa shape index (κ1) is 24.1. The van der Waals surface area contributed by atoms with Crippen molar-refractivity contribution in [1.29, 1.82) is 0 Å². The van der Waals surface area contributed by atoms with Gasteiger partial charge in [0.2, 0.25) is 5.91 Å². The van der Waals surface area contributed by atoms with E-state index in [0.29, 0.717) is 18.1 Å². The maximum absolute atomic E-state index is 13.6.